The standard InChI is InChI=1S/C18H27ClN2O4S/c1-3-11-26(23,24)21-10-4-5-14(13-21)6-9-18(22)20-15-7-8-17(25-2)16(19)12-15/h7-8,12,14H,3-6,9-11,13H2,1-2H3,(H,20,22)/t14-/m0/s1. The van der Waals surface area contributed by atoms with Gasteiger partial charge in [-0.1, -0.05) is 18.5 Å². The summed E-state index contributed by atoms with van der Waals surface area (Å²) in [5.74, 6) is 0.874. The summed E-state index contributed by atoms with van der Waals surface area (Å²) in [7, 11) is -1.62. The van der Waals surface area contributed by atoms with E-state index in [4.69, 9.17) is 16.3 Å². The van der Waals surface area contributed by atoms with E-state index in [2.05, 4.69) is 5.32 Å². The highest BCUT2D eigenvalue weighted by Gasteiger charge is 2.28. The van der Waals surface area contributed by atoms with E-state index in [1.54, 1.807) is 22.5 Å². The predicted octanol–water partition coefficient (Wildman–Crippen LogP) is 3.52. The molecule has 1 aliphatic rings. The Morgan fingerprint density at radius 1 is 1.42 bits per heavy atom. The van der Waals surface area contributed by atoms with Crippen LogP contribution < -0.4 is 10.1 Å². The average molecular weight is 403 g/mol. The van der Waals surface area contributed by atoms with Crippen molar-refractivity contribution in [3.63, 3.8) is 0 Å². The van der Waals surface area contributed by atoms with Gasteiger partial charge < -0.3 is 10.1 Å². The highest BCUT2D eigenvalue weighted by molar-refractivity contribution is 7.89. The summed E-state index contributed by atoms with van der Waals surface area (Å²) in [4.78, 5) is 12.2. The van der Waals surface area contributed by atoms with E-state index in [0.29, 0.717) is 48.8 Å². The van der Waals surface area contributed by atoms with Gasteiger partial charge in [0.05, 0.1) is 17.9 Å². The molecule has 1 aromatic rings. The number of rotatable bonds is 8. The van der Waals surface area contributed by atoms with Crippen molar-refractivity contribution in [1.82, 2.24) is 4.31 Å². The fraction of sp³-hybridized carbons (Fsp3) is 0.611. The van der Waals surface area contributed by atoms with Crippen LogP contribution in [0.2, 0.25) is 5.02 Å². The molecule has 26 heavy (non-hydrogen) atoms. The summed E-state index contributed by atoms with van der Waals surface area (Å²) in [6, 6.07) is 5.09. The Kier molecular flexibility index (Phi) is 7.73. The van der Waals surface area contributed by atoms with Crippen molar-refractivity contribution in [2.75, 3.05) is 31.3 Å². The van der Waals surface area contributed by atoms with Crippen LogP contribution in [0.4, 0.5) is 5.69 Å². The van der Waals surface area contributed by atoms with Crippen molar-refractivity contribution in [3.8, 4) is 5.75 Å². The molecule has 1 aliphatic heterocycles. The minimum Gasteiger partial charge on any atom is -0.495 e. The molecule has 0 aromatic heterocycles. The Labute approximate surface area is 160 Å². The molecule has 0 spiro atoms. The Balaban J connectivity index is 1.84. The van der Waals surface area contributed by atoms with Crippen LogP contribution >= 0.6 is 11.6 Å². The third kappa shape index (κ3) is 5.86. The molecule has 6 nitrogen and oxygen atoms in total. The number of halogens is 1. The smallest absolute Gasteiger partial charge is 0.224 e. The fourth-order valence-corrected chi connectivity index (χ4v) is 5.08. The topological polar surface area (TPSA) is 75.7 Å². The van der Waals surface area contributed by atoms with E-state index >= 15 is 0 Å². The highest BCUT2D eigenvalue weighted by Crippen LogP contribution is 2.28. The van der Waals surface area contributed by atoms with Gasteiger partial charge in [0.1, 0.15) is 5.75 Å². The zero-order valence-corrected chi connectivity index (χ0v) is 16.9. The van der Waals surface area contributed by atoms with E-state index in [9.17, 15) is 13.2 Å². The van der Waals surface area contributed by atoms with Gasteiger partial charge in [-0.05, 0) is 49.8 Å². The molecule has 0 unspecified atom stereocenters. The van der Waals surface area contributed by atoms with E-state index in [0.717, 1.165) is 12.8 Å². The van der Waals surface area contributed by atoms with Crippen LogP contribution in [0.25, 0.3) is 0 Å². The molecule has 1 saturated heterocycles. The largest absolute Gasteiger partial charge is 0.495 e. The number of sulfonamides is 1. The lowest BCUT2D eigenvalue weighted by molar-refractivity contribution is -0.116. The lowest BCUT2D eigenvalue weighted by atomic mass is 9.94. The van der Waals surface area contributed by atoms with Crippen molar-refractivity contribution in [3.05, 3.63) is 23.2 Å². The molecule has 0 saturated carbocycles. The van der Waals surface area contributed by atoms with Crippen molar-refractivity contribution in [2.45, 2.75) is 39.0 Å². The van der Waals surface area contributed by atoms with Gasteiger partial charge in [0.25, 0.3) is 0 Å². The van der Waals surface area contributed by atoms with Gasteiger partial charge in [-0.25, -0.2) is 12.7 Å². The Morgan fingerprint density at radius 3 is 2.85 bits per heavy atom. The van der Waals surface area contributed by atoms with Crippen LogP contribution in [0.1, 0.15) is 39.0 Å². The van der Waals surface area contributed by atoms with Gasteiger partial charge in [-0.3, -0.25) is 4.79 Å². The van der Waals surface area contributed by atoms with E-state index in [-0.39, 0.29) is 17.6 Å². The highest BCUT2D eigenvalue weighted by atomic mass is 35.5. The maximum absolute atomic E-state index is 12.2. The molecule has 1 atom stereocenters. The van der Waals surface area contributed by atoms with Crippen LogP contribution in [0, 0.1) is 5.92 Å². The third-order valence-corrected chi connectivity index (χ3v) is 6.89. The summed E-state index contributed by atoms with van der Waals surface area (Å²) in [6.07, 6.45) is 3.46. The minimum atomic E-state index is -3.16. The molecule has 0 aliphatic carbocycles. The van der Waals surface area contributed by atoms with E-state index in [1.807, 2.05) is 6.92 Å². The summed E-state index contributed by atoms with van der Waals surface area (Å²) in [5.41, 5.74) is 0.622. The van der Waals surface area contributed by atoms with Crippen molar-refractivity contribution < 1.29 is 17.9 Å². The molecule has 146 valence electrons. The van der Waals surface area contributed by atoms with Crippen LogP contribution in [0.3, 0.4) is 0 Å². The van der Waals surface area contributed by atoms with Gasteiger partial charge in [-0.15, -0.1) is 0 Å². The second-order valence-electron chi connectivity index (χ2n) is 6.62. The zero-order valence-electron chi connectivity index (χ0n) is 15.3. The first-order valence-electron chi connectivity index (χ1n) is 8.97. The second kappa shape index (κ2) is 9.58. The number of methoxy groups -OCH3 is 1. The molecule has 0 radical (unpaired) electrons. The number of carbonyl (C=O) groups is 1. The monoisotopic (exact) mass is 402 g/mol. The number of carbonyl (C=O) groups excluding carboxylic acids is 1. The lowest BCUT2D eigenvalue weighted by Gasteiger charge is -2.31. The number of hydrogen-bond acceptors (Lipinski definition) is 4. The number of anilines is 1. The number of ether oxygens (including phenoxy) is 1. The molecular weight excluding hydrogens is 376 g/mol. The molecule has 1 heterocycles. The molecule has 0 bridgehead atoms. The van der Waals surface area contributed by atoms with Gasteiger partial charge in [0.15, 0.2) is 0 Å². The zero-order chi connectivity index (χ0) is 19.2. The normalized spacial score (nSPS) is 18.5. The van der Waals surface area contributed by atoms with E-state index in [1.165, 1.54) is 7.11 Å². The van der Waals surface area contributed by atoms with Crippen LogP contribution in [-0.2, 0) is 14.8 Å². The van der Waals surface area contributed by atoms with Crippen LogP contribution in [0.15, 0.2) is 18.2 Å². The van der Waals surface area contributed by atoms with Crippen LogP contribution in [0.5, 0.6) is 5.75 Å². The molecule has 1 aromatic carbocycles. The Bertz CT molecular complexity index is 724. The predicted molar refractivity (Wildman–Crippen MR) is 104 cm³/mol. The average Bonchev–Trinajstić information content (AvgIpc) is 2.60. The number of hydrogen-bond donors (Lipinski definition) is 1. The lowest BCUT2D eigenvalue weighted by Crippen LogP contribution is -2.41. The molecule has 1 fully saturated rings. The minimum absolute atomic E-state index is 0.0974. The first-order chi connectivity index (χ1) is 12.4. The number of nitrogens with zero attached hydrogens (tertiary/aromatic N) is 1. The van der Waals surface area contributed by atoms with Gasteiger partial charge in [0.2, 0.25) is 15.9 Å². The van der Waals surface area contributed by atoms with Crippen molar-refractivity contribution >= 4 is 33.2 Å². The van der Waals surface area contributed by atoms with Gasteiger partial charge >= 0.3 is 0 Å². The Hall–Kier alpha value is -1.31. The third-order valence-electron chi connectivity index (χ3n) is 4.55. The SMILES string of the molecule is CCCS(=O)(=O)N1CCC[C@@H](CCC(=O)Nc2ccc(OC)c(Cl)c2)C1. The van der Waals surface area contributed by atoms with Gasteiger partial charge in [-0.2, -0.15) is 0 Å². The second-order valence-corrected chi connectivity index (χ2v) is 9.11. The maximum atomic E-state index is 12.2. The van der Waals surface area contributed by atoms with Crippen molar-refractivity contribution in [1.29, 1.82) is 0 Å². The number of amides is 1. The molecule has 8 heteroatoms. The molecule has 2 rings (SSSR count). The molecule has 1 N–H and O–H groups in total. The Morgan fingerprint density at radius 2 is 2.19 bits per heavy atom. The quantitative estimate of drug-likeness (QED) is 0.721. The number of benzene rings is 1. The van der Waals surface area contributed by atoms with E-state index < -0.39 is 10.0 Å². The summed E-state index contributed by atoms with van der Waals surface area (Å²) in [6.45, 7) is 2.98. The first kappa shape index (κ1) is 21.0. The summed E-state index contributed by atoms with van der Waals surface area (Å²) >= 11 is 6.06. The summed E-state index contributed by atoms with van der Waals surface area (Å²) in [5, 5.41) is 3.26. The number of nitrogens with one attached hydrogen (secondary N) is 1. The summed E-state index contributed by atoms with van der Waals surface area (Å²) < 4.78 is 31.1. The fourth-order valence-electron chi connectivity index (χ4n) is 3.21. The molecule has 1 amide bonds. The first-order valence-corrected chi connectivity index (χ1v) is 11.0. The van der Waals surface area contributed by atoms with Crippen molar-refractivity contribution in [2.24, 2.45) is 5.92 Å². The van der Waals surface area contributed by atoms with Crippen LogP contribution in [-0.4, -0.2) is 44.6 Å². The molecular formula is C18H27ClN2O4S. The maximum Gasteiger partial charge on any atom is 0.224 e. The number of piperidine rings is 1. The van der Waals surface area contributed by atoms with Gasteiger partial charge in [0, 0.05) is 25.2 Å².